The molecular formula is C17H19FN4O5S. The fourth-order valence-electron chi connectivity index (χ4n) is 1.88. The van der Waals surface area contributed by atoms with E-state index in [4.69, 9.17) is 9.26 Å². The number of nitrogens with one attached hydrogen (secondary N) is 3. The van der Waals surface area contributed by atoms with Crippen molar-refractivity contribution < 1.29 is 28.0 Å². The number of ether oxygens (including phenoxy) is 1. The summed E-state index contributed by atoms with van der Waals surface area (Å²) in [6.07, 6.45) is -0.907. The number of hydrazine groups is 1. The number of carbonyl (C=O) groups is 3. The molecule has 1 aromatic heterocycles. The Morgan fingerprint density at radius 2 is 1.86 bits per heavy atom. The second kappa shape index (κ2) is 10.3. The number of carbonyl (C=O) groups excluding carboxylic acids is 3. The molecule has 11 heteroatoms. The highest BCUT2D eigenvalue weighted by Crippen LogP contribution is 2.13. The smallest absolute Gasteiger partial charge is 0.279 e. The summed E-state index contributed by atoms with van der Waals surface area (Å²) in [5.74, 6) is -0.657. The number of halogens is 1. The molecule has 0 unspecified atom stereocenters. The zero-order chi connectivity index (χ0) is 20.5. The third kappa shape index (κ3) is 7.27. The van der Waals surface area contributed by atoms with Crippen LogP contribution < -0.4 is 20.9 Å². The molecule has 1 heterocycles. The maximum Gasteiger partial charge on any atom is 0.279 e. The zero-order valence-electron chi connectivity index (χ0n) is 15.2. The van der Waals surface area contributed by atoms with E-state index in [1.54, 1.807) is 13.0 Å². The molecule has 0 bridgehead atoms. The maximum atomic E-state index is 12.8. The Bertz CT molecular complexity index is 827. The van der Waals surface area contributed by atoms with Gasteiger partial charge in [-0.2, -0.15) is 0 Å². The summed E-state index contributed by atoms with van der Waals surface area (Å²) in [5, 5.41) is 6.15. The molecule has 0 saturated heterocycles. The molecule has 3 N–H and O–H groups in total. The van der Waals surface area contributed by atoms with Crippen molar-refractivity contribution >= 4 is 35.3 Å². The fraction of sp³-hybridized carbons (Fsp3) is 0.294. The summed E-state index contributed by atoms with van der Waals surface area (Å²) in [5.41, 5.74) is 4.45. The average molecular weight is 410 g/mol. The molecule has 28 heavy (non-hydrogen) atoms. The number of thioether (sulfide) groups is 1. The number of amides is 3. The normalized spacial score (nSPS) is 11.4. The molecule has 0 aliphatic carbocycles. The van der Waals surface area contributed by atoms with Gasteiger partial charge in [0.05, 0.1) is 11.5 Å². The Balaban J connectivity index is 1.62. The summed E-state index contributed by atoms with van der Waals surface area (Å²) >= 11 is 1.06. The van der Waals surface area contributed by atoms with Crippen LogP contribution in [0.4, 0.5) is 10.2 Å². The van der Waals surface area contributed by atoms with E-state index in [0.717, 1.165) is 11.8 Å². The first-order valence-electron chi connectivity index (χ1n) is 8.15. The van der Waals surface area contributed by atoms with Gasteiger partial charge in [-0.25, -0.2) is 4.39 Å². The zero-order valence-corrected chi connectivity index (χ0v) is 16.0. The number of rotatable bonds is 8. The highest BCUT2D eigenvalue weighted by Gasteiger charge is 2.15. The van der Waals surface area contributed by atoms with Crippen molar-refractivity contribution in [3.8, 4) is 5.75 Å². The van der Waals surface area contributed by atoms with Gasteiger partial charge >= 0.3 is 0 Å². The van der Waals surface area contributed by atoms with Crippen molar-refractivity contribution in [3.63, 3.8) is 0 Å². The Labute approximate surface area is 164 Å². The van der Waals surface area contributed by atoms with Gasteiger partial charge in [0.2, 0.25) is 11.8 Å². The summed E-state index contributed by atoms with van der Waals surface area (Å²) in [6, 6.07) is 6.76. The van der Waals surface area contributed by atoms with Crippen molar-refractivity contribution in [2.45, 2.75) is 20.0 Å². The van der Waals surface area contributed by atoms with Crippen LogP contribution in [0, 0.1) is 12.7 Å². The van der Waals surface area contributed by atoms with Crippen LogP contribution in [-0.4, -0.2) is 40.5 Å². The molecule has 0 spiro atoms. The molecule has 2 aromatic rings. The molecular weight excluding hydrogens is 391 g/mol. The lowest BCUT2D eigenvalue weighted by Gasteiger charge is -2.15. The number of hydrogen-bond acceptors (Lipinski definition) is 7. The molecule has 2 rings (SSSR count). The first-order chi connectivity index (χ1) is 13.3. The van der Waals surface area contributed by atoms with Gasteiger partial charge in [0, 0.05) is 6.07 Å². The van der Waals surface area contributed by atoms with E-state index in [0.29, 0.717) is 17.3 Å². The Morgan fingerprint density at radius 1 is 1.18 bits per heavy atom. The number of hydrogen-bond donors (Lipinski definition) is 3. The molecule has 0 radical (unpaired) electrons. The van der Waals surface area contributed by atoms with Crippen LogP contribution in [-0.2, 0) is 14.4 Å². The fourth-order valence-corrected chi connectivity index (χ4v) is 2.50. The highest BCUT2D eigenvalue weighted by molar-refractivity contribution is 8.00. The standard InChI is InChI=1S/C17H19FN4O5S/c1-10-7-14(22-27-10)19-15(23)8-28-9-16(24)20-21-17(25)11(2)26-13-5-3-12(18)4-6-13/h3-7,11H,8-9H2,1-2H3,(H,20,24)(H,21,25)(H,19,22,23)/t11-/m1/s1. The van der Waals surface area contributed by atoms with Crippen LogP contribution in [0.15, 0.2) is 34.9 Å². The molecule has 1 atom stereocenters. The quantitative estimate of drug-likeness (QED) is 0.562. The van der Waals surface area contributed by atoms with Gasteiger partial charge in [-0.05, 0) is 38.1 Å². The minimum absolute atomic E-state index is 0.0252. The highest BCUT2D eigenvalue weighted by atomic mass is 32.2. The number of nitrogens with zero attached hydrogens (tertiary/aromatic N) is 1. The lowest BCUT2D eigenvalue weighted by molar-refractivity contribution is -0.131. The Hall–Kier alpha value is -3.08. The van der Waals surface area contributed by atoms with E-state index < -0.39 is 23.7 Å². The second-order valence-corrected chi connectivity index (χ2v) is 6.60. The monoisotopic (exact) mass is 410 g/mol. The summed E-state index contributed by atoms with van der Waals surface area (Å²) in [7, 11) is 0. The van der Waals surface area contributed by atoms with Crippen LogP contribution in [0.25, 0.3) is 0 Å². The third-order valence-corrected chi connectivity index (χ3v) is 4.12. The van der Waals surface area contributed by atoms with Crippen LogP contribution in [0.5, 0.6) is 5.75 Å². The van der Waals surface area contributed by atoms with E-state index in [-0.39, 0.29) is 17.4 Å². The molecule has 0 aliphatic heterocycles. The van der Waals surface area contributed by atoms with Crippen LogP contribution in [0.2, 0.25) is 0 Å². The van der Waals surface area contributed by atoms with Gasteiger partial charge < -0.3 is 14.6 Å². The summed E-state index contributed by atoms with van der Waals surface area (Å²) < 4.78 is 23.0. The van der Waals surface area contributed by atoms with Crippen molar-refractivity contribution in [2.75, 3.05) is 16.8 Å². The van der Waals surface area contributed by atoms with Gasteiger partial charge in [0.15, 0.2) is 11.9 Å². The van der Waals surface area contributed by atoms with Gasteiger partial charge in [0.25, 0.3) is 5.91 Å². The number of aromatic nitrogens is 1. The maximum absolute atomic E-state index is 12.8. The van der Waals surface area contributed by atoms with Crippen molar-refractivity contribution in [2.24, 2.45) is 0 Å². The van der Waals surface area contributed by atoms with E-state index in [1.807, 2.05) is 0 Å². The summed E-state index contributed by atoms with van der Waals surface area (Å²) in [6.45, 7) is 3.18. The lowest BCUT2D eigenvalue weighted by atomic mass is 10.3. The van der Waals surface area contributed by atoms with E-state index in [9.17, 15) is 18.8 Å². The summed E-state index contributed by atoms with van der Waals surface area (Å²) in [4.78, 5) is 35.3. The molecule has 1 aromatic carbocycles. The molecule has 0 fully saturated rings. The van der Waals surface area contributed by atoms with E-state index in [1.165, 1.54) is 31.2 Å². The van der Waals surface area contributed by atoms with Crippen LogP contribution in [0.3, 0.4) is 0 Å². The Kier molecular flexibility index (Phi) is 7.81. The average Bonchev–Trinajstić information content (AvgIpc) is 3.06. The Morgan fingerprint density at radius 3 is 2.50 bits per heavy atom. The van der Waals surface area contributed by atoms with E-state index >= 15 is 0 Å². The molecule has 0 saturated carbocycles. The van der Waals surface area contributed by atoms with Crippen LogP contribution in [0.1, 0.15) is 12.7 Å². The van der Waals surface area contributed by atoms with Crippen molar-refractivity contribution in [1.82, 2.24) is 16.0 Å². The third-order valence-electron chi connectivity index (χ3n) is 3.18. The topological polar surface area (TPSA) is 123 Å². The van der Waals surface area contributed by atoms with Gasteiger partial charge in [0.1, 0.15) is 17.3 Å². The second-order valence-electron chi connectivity index (χ2n) is 5.62. The molecule has 3 amide bonds. The molecule has 0 aliphatic rings. The largest absolute Gasteiger partial charge is 0.481 e. The van der Waals surface area contributed by atoms with Crippen molar-refractivity contribution in [1.29, 1.82) is 0 Å². The van der Waals surface area contributed by atoms with Gasteiger partial charge in [-0.3, -0.25) is 25.2 Å². The predicted molar refractivity (Wildman–Crippen MR) is 100.0 cm³/mol. The molecule has 150 valence electrons. The predicted octanol–water partition coefficient (Wildman–Crippen LogP) is 1.41. The first kappa shape index (κ1) is 21.2. The van der Waals surface area contributed by atoms with Crippen molar-refractivity contribution in [3.05, 3.63) is 41.9 Å². The lowest BCUT2D eigenvalue weighted by Crippen LogP contribution is -2.47. The minimum atomic E-state index is -0.907. The minimum Gasteiger partial charge on any atom is -0.481 e. The first-order valence-corrected chi connectivity index (χ1v) is 9.31. The van der Waals surface area contributed by atoms with E-state index in [2.05, 4.69) is 21.3 Å². The SMILES string of the molecule is Cc1cc(NC(=O)CSCC(=O)NNC(=O)[C@@H](C)Oc2ccc(F)cc2)no1. The van der Waals surface area contributed by atoms with Crippen LogP contribution >= 0.6 is 11.8 Å². The van der Waals surface area contributed by atoms with Gasteiger partial charge in [-0.15, -0.1) is 11.8 Å². The molecule has 9 nitrogen and oxygen atoms in total. The number of anilines is 1. The number of aryl methyl sites for hydroxylation is 1. The number of benzene rings is 1. The van der Waals surface area contributed by atoms with Gasteiger partial charge in [-0.1, -0.05) is 5.16 Å².